The normalized spacial score (nSPS) is 10.7. The lowest BCUT2D eigenvalue weighted by Crippen LogP contribution is -2.17. The molecule has 0 aliphatic rings. The van der Waals surface area contributed by atoms with Gasteiger partial charge >= 0.3 is 5.69 Å². The topological polar surface area (TPSA) is 115 Å². The van der Waals surface area contributed by atoms with Crippen LogP contribution in [0.15, 0.2) is 21.2 Å². The minimum Gasteiger partial charge on any atom is -0.292 e. The Morgan fingerprint density at radius 2 is 2.42 bits per heavy atom. The summed E-state index contributed by atoms with van der Waals surface area (Å²) in [7, 11) is 0. The van der Waals surface area contributed by atoms with Crippen molar-refractivity contribution in [1.29, 1.82) is 0 Å². The Kier molecular flexibility index (Phi) is 4.40. The summed E-state index contributed by atoms with van der Waals surface area (Å²) in [6, 6.07) is 0. The van der Waals surface area contributed by atoms with E-state index in [1.165, 1.54) is 22.5 Å². The van der Waals surface area contributed by atoms with Gasteiger partial charge in [0.2, 0.25) is 5.95 Å². The second-order valence-electron chi connectivity index (χ2n) is 3.56. The first-order valence-electron chi connectivity index (χ1n) is 5.48. The van der Waals surface area contributed by atoms with Crippen LogP contribution >= 0.6 is 23.4 Å². The first kappa shape index (κ1) is 13.8. The molecule has 0 radical (unpaired) electrons. The fraction of sp³-hybridized carbons (Fsp3) is 0.333. The summed E-state index contributed by atoms with van der Waals surface area (Å²) in [5.41, 5.74) is 2.08. The van der Waals surface area contributed by atoms with E-state index in [9.17, 15) is 4.79 Å². The molecule has 4 N–H and O–H groups in total. The van der Waals surface area contributed by atoms with Crippen LogP contribution in [0.5, 0.6) is 0 Å². The minimum atomic E-state index is -0.258. The van der Waals surface area contributed by atoms with Gasteiger partial charge in [-0.25, -0.2) is 25.7 Å². The molecule has 0 aromatic carbocycles. The number of nitrogens with two attached hydrogens (primary N) is 1. The van der Waals surface area contributed by atoms with E-state index in [1.54, 1.807) is 0 Å². The molecule has 2 rings (SSSR count). The lowest BCUT2D eigenvalue weighted by Gasteiger charge is -2.05. The van der Waals surface area contributed by atoms with Crippen molar-refractivity contribution >= 4 is 29.3 Å². The largest absolute Gasteiger partial charge is 0.343 e. The van der Waals surface area contributed by atoms with Crippen molar-refractivity contribution in [2.24, 2.45) is 5.84 Å². The van der Waals surface area contributed by atoms with E-state index < -0.39 is 0 Å². The summed E-state index contributed by atoms with van der Waals surface area (Å²) in [6.07, 6.45) is 2.25. The summed E-state index contributed by atoms with van der Waals surface area (Å²) >= 11 is 7.17. The number of hydrogen-bond acceptors (Lipinski definition) is 7. The highest BCUT2D eigenvalue weighted by atomic mass is 35.5. The lowest BCUT2D eigenvalue weighted by atomic mass is 10.5. The molecule has 10 heteroatoms. The molecule has 2 aromatic heterocycles. The van der Waals surface area contributed by atoms with Crippen LogP contribution in [0.2, 0.25) is 5.02 Å². The second kappa shape index (κ2) is 6.04. The quantitative estimate of drug-likeness (QED) is 0.426. The molecule has 2 heterocycles. The third kappa shape index (κ3) is 3.06. The Morgan fingerprint density at radius 1 is 1.63 bits per heavy atom. The number of aromatic nitrogens is 5. The van der Waals surface area contributed by atoms with Gasteiger partial charge in [-0.3, -0.25) is 9.99 Å². The van der Waals surface area contributed by atoms with E-state index in [2.05, 4.69) is 25.6 Å². The molecule has 0 aliphatic carbocycles. The number of H-pyrrole nitrogens is 1. The second-order valence-corrected chi connectivity index (χ2v) is 4.92. The molecule has 0 spiro atoms. The van der Waals surface area contributed by atoms with Gasteiger partial charge in [-0.15, -0.1) is 5.10 Å². The maximum atomic E-state index is 11.6. The molecule has 0 saturated carbocycles. The van der Waals surface area contributed by atoms with E-state index >= 15 is 0 Å². The number of anilines is 1. The molecule has 0 unspecified atom stereocenters. The number of nitrogens with zero attached hydrogens (tertiary/aromatic N) is 4. The van der Waals surface area contributed by atoms with Crippen LogP contribution in [0.1, 0.15) is 13.3 Å². The van der Waals surface area contributed by atoms with Crippen molar-refractivity contribution in [1.82, 2.24) is 24.7 Å². The van der Waals surface area contributed by atoms with Crippen LogP contribution in [-0.4, -0.2) is 24.7 Å². The first-order chi connectivity index (χ1) is 9.15. The number of halogens is 1. The van der Waals surface area contributed by atoms with Crippen molar-refractivity contribution in [2.75, 3.05) is 5.43 Å². The Labute approximate surface area is 117 Å². The molecular formula is C9H12ClN7OS. The van der Waals surface area contributed by atoms with Crippen molar-refractivity contribution in [3.63, 3.8) is 0 Å². The molecule has 0 atom stereocenters. The zero-order valence-corrected chi connectivity index (χ0v) is 11.6. The van der Waals surface area contributed by atoms with Crippen LogP contribution < -0.4 is 17.0 Å². The zero-order valence-electron chi connectivity index (χ0n) is 10.1. The van der Waals surface area contributed by atoms with Gasteiger partial charge in [0.1, 0.15) is 5.03 Å². The highest BCUT2D eigenvalue weighted by Gasteiger charge is 2.13. The van der Waals surface area contributed by atoms with Crippen molar-refractivity contribution < 1.29 is 0 Å². The SMILES string of the molecule is CCCn1c(Sc2nc(NN)ncc2Cl)n[nH]c1=O. The molecule has 0 amide bonds. The third-order valence-electron chi connectivity index (χ3n) is 2.20. The smallest absolute Gasteiger partial charge is 0.292 e. The van der Waals surface area contributed by atoms with Crippen molar-refractivity contribution in [3.8, 4) is 0 Å². The van der Waals surface area contributed by atoms with E-state index in [0.717, 1.165) is 6.42 Å². The van der Waals surface area contributed by atoms with Gasteiger partial charge in [-0.1, -0.05) is 18.5 Å². The average molecular weight is 302 g/mol. The summed E-state index contributed by atoms with van der Waals surface area (Å²) in [4.78, 5) is 19.5. The number of nitrogen functional groups attached to an aromatic ring is 1. The standard InChI is InChI=1S/C9H12ClN7OS/c1-2-3-17-8(18)15-16-9(17)19-6-5(10)4-12-7(13-6)14-11/h4H,2-3,11H2,1H3,(H,15,18)(H,12,13,14). The number of hydrazine groups is 1. The van der Waals surface area contributed by atoms with Crippen LogP contribution in [-0.2, 0) is 6.54 Å². The molecule has 2 aromatic rings. The van der Waals surface area contributed by atoms with Gasteiger partial charge in [-0.2, -0.15) is 0 Å². The average Bonchev–Trinajstić information content (AvgIpc) is 2.74. The highest BCUT2D eigenvalue weighted by Crippen LogP contribution is 2.29. The Balaban J connectivity index is 2.33. The molecule has 19 heavy (non-hydrogen) atoms. The number of aromatic amines is 1. The molecule has 8 nitrogen and oxygen atoms in total. The van der Waals surface area contributed by atoms with E-state index in [1.807, 2.05) is 6.92 Å². The Bertz CT molecular complexity index is 625. The van der Waals surface area contributed by atoms with Gasteiger partial charge in [0.15, 0.2) is 5.16 Å². The monoisotopic (exact) mass is 301 g/mol. The lowest BCUT2D eigenvalue weighted by molar-refractivity contribution is 0.603. The van der Waals surface area contributed by atoms with Crippen LogP contribution in [0, 0.1) is 0 Å². The molecule has 102 valence electrons. The van der Waals surface area contributed by atoms with Gasteiger partial charge in [-0.05, 0) is 18.2 Å². The maximum Gasteiger partial charge on any atom is 0.343 e. The third-order valence-corrected chi connectivity index (χ3v) is 3.59. The van der Waals surface area contributed by atoms with Gasteiger partial charge in [0.25, 0.3) is 0 Å². The summed E-state index contributed by atoms with van der Waals surface area (Å²) in [6.45, 7) is 2.55. The van der Waals surface area contributed by atoms with Crippen LogP contribution in [0.4, 0.5) is 5.95 Å². The van der Waals surface area contributed by atoms with Crippen LogP contribution in [0.25, 0.3) is 0 Å². The van der Waals surface area contributed by atoms with Gasteiger partial charge in [0.05, 0.1) is 11.2 Å². The number of nitrogens with one attached hydrogen (secondary N) is 2. The van der Waals surface area contributed by atoms with Gasteiger partial charge < -0.3 is 0 Å². The molecule has 0 saturated heterocycles. The molecule has 0 bridgehead atoms. The van der Waals surface area contributed by atoms with Crippen molar-refractivity contribution in [2.45, 2.75) is 30.1 Å². The maximum absolute atomic E-state index is 11.6. The summed E-state index contributed by atoms with van der Waals surface area (Å²) in [5.74, 6) is 5.48. The number of rotatable bonds is 5. The van der Waals surface area contributed by atoms with E-state index in [0.29, 0.717) is 21.7 Å². The first-order valence-corrected chi connectivity index (χ1v) is 6.67. The highest BCUT2D eigenvalue weighted by molar-refractivity contribution is 7.99. The molecule has 0 aliphatic heterocycles. The predicted molar refractivity (Wildman–Crippen MR) is 72.1 cm³/mol. The predicted octanol–water partition coefficient (Wildman–Crippen LogP) is 0.862. The van der Waals surface area contributed by atoms with E-state index in [4.69, 9.17) is 17.4 Å². The van der Waals surface area contributed by atoms with Crippen LogP contribution in [0.3, 0.4) is 0 Å². The Morgan fingerprint density at radius 3 is 3.11 bits per heavy atom. The van der Waals surface area contributed by atoms with E-state index in [-0.39, 0.29) is 11.6 Å². The summed E-state index contributed by atoms with van der Waals surface area (Å²) in [5, 5.41) is 7.68. The van der Waals surface area contributed by atoms with Crippen molar-refractivity contribution in [3.05, 3.63) is 21.7 Å². The fourth-order valence-corrected chi connectivity index (χ4v) is 2.42. The summed E-state index contributed by atoms with van der Waals surface area (Å²) < 4.78 is 1.53. The minimum absolute atomic E-state index is 0.242. The molecule has 0 fully saturated rings. The molecular weight excluding hydrogens is 290 g/mol. The van der Waals surface area contributed by atoms with Gasteiger partial charge in [0, 0.05) is 6.54 Å². The number of hydrogen-bond donors (Lipinski definition) is 3. The fourth-order valence-electron chi connectivity index (χ4n) is 1.38. The zero-order chi connectivity index (χ0) is 13.8. The Hall–Kier alpha value is -1.58.